The number of para-hydroxylation sites is 1. The highest BCUT2D eigenvalue weighted by molar-refractivity contribution is 8.17. The van der Waals surface area contributed by atoms with Crippen LogP contribution in [0.15, 0.2) is 70.1 Å². The predicted octanol–water partition coefficient (Wildman–Crippen LogP) is 4.06. The first-order valence-corrected chi connectivity index (χ1v) is 9.98. The van der Waals surface area contributed by atoms with Gasteiger partial charge in [0.15, 0.2) is 0 Å². The fraction of sp³-hybridized carbons (Fsp3) is 0.167. The van der Waals surface area contributed by atoms with Crippen molar-refractivity contribution < 1.29 is 12.7 Å². The monoisotopic (exact) mass is 374 g/mol. The zero-order valence-corrected chi connectivity index (χ0v) is 15.5. The van der Waals surface area contributed by atoms with Gasteiger partial charge in [-0.2, -0.15) is 8.42 Å². The van der Waals surface area contributed by atoms with E-state index in [-0.39, 0.29) is 10.9 Å². The van der Waals surface area contributed by atoms with E-state index in [0.29, 0.717) is 5.04 Å². The van der Waals surface area contributed by atoms with Gasteiger partial charge in [-0.25, -0.2) is 0 Å². The van der Waals surface area contributed by atoms with E-state index in [1.54, 1.807) is 12.1 Å². The number of rotatable bonds is 5. The minimum absolute atomic E-state index is 0.0850. The van der Waals surface area contributed by atoms with E-state index < -0.39 is 10.1 Å². The second kappa shape index (κ2) is 7.33. The minimum Gasteiger partial charge on any atom is -0.372 e. The summed E-state index contributed by atoms with van der Waals surface area (Å²) in [5.74, 6) is 0. The third kappa shape index (κ3) is 4.24. The number of hydrogen-bond donors (Lipinski definition) is 1. The van der Waals surface area contributed by atoms with E-state index in [0.717, 1.165) is 16.8 Å². The second-order valence-corrected chi connectivity index (χ2v) is 8.11. The molecule has 0 fully saturated rings. The van der Waals surface area contributed by atoms with Gasteiger partial charge in [0.25, 0.3) is 0 Å². The van der Waals surface area contributed by atoms with Crippen LogP contribution in [0.5, 0.6) is 0 Å². The minimum atomic E-state index is -3.93. The average Bonchev–Trinajstić information content (AvgIpc) is 3.03. The Labute approximate surface area is 151 Å². The Morgan fingerprint density at radius 3 is 2.52 bits per heavy atom. The molecule has 7 heteroatoms. The number of anilines is 1. The van der Waals surface area contributed by atoms with E-state index in [9.17, 15) is 8.42 Å². The van der Waals surface area contributed by atoms with Crippen molar-refractivity contribution in [3.05, 3.63) is 71.1 Å². The lowest BCUT2D eigenvalue weighted by Gasteiger charge is -2.15. The van der Waals surface area contributed by atoms with Gasteiger partial charge in [-0.15, -0.1) is 0 Å². The zero-order valence-electron chi connectivity index (χ0n) is 13.8. The van der Waals surface area contributed by atoms with Crippen LogP contribution in [0.25, 0.3) is 0 Å². The van der Waals surface area contributed by atoms with E-state index in [1.165, 1.54) is 23.9 Å². The van der Waals surface area contributed by atoms with Gasteiger partial charge < -0.3 is 5.32 Å². The molecule has 0 saturated heterocycles. The normalized spacial score (nSPS) is 18.5. The Kier molecular flexibility index (Phi) is 5.15. The van der Waals surface area contributed by atoms with Gasteiger partial charge in [-0.05, 0) is 49.1 Å². The van der Waals surface area contributed by atoms with Gasteiger partial charge in [0.05, 0.1) is 6.04 Å². The summed E-state index contributed by atoms with van der Waals surface area (Å²) in [6.45, 7) is 3.89. The van der Waals surface area contributed by atoms with Crippen LogP contribution in [0, 0.1) is 13.8 Å². The topological polar surface area (TPSA) is 67.8 Å². The van der Waals surface area contributed by atoms with Crippen molar-refractivity contribution in [1.29, 1.82) is 0 Å². The maximum Gasteiger partial charge on any atom is 0.358 e. The molecule has 25 heavy (non-hydrogen) atoms. The van der Waals surface area contributed by atoms with Crippen LogP contribution in [0.3, 0.4) is 0 Å². The molecule has 0 spiro atoms. The lowest BCUT2D eigenvalue weighted by Crippen LogP contribution is -2.23. The summed E-state index contributed by atoms with van der Waals surface area (Å²) in [6.07, 6.45) is 1.91. The number of aryl methyl sites for hydroxylation is 2. The second-order valence-electron chi connectivity index (χ2n) is 5.65. The number of hydrogen-bond acceptors (Lipinski definition) is 6. The average molecular weight is 374 g/mol. The lowest BCUT2D eigenvalue weighted by molar-refractivity contribution is 0.339. The summed E-state index contributed by atoms with van der Waals surface area (Å²) in [7, 11) is -3.93. The largest absolute Gasteiger partial charge is 0.372 e. The summed E-state index contributed by atoms with van der Waals surface area (Å²) >= 11 is 1.33. The van der Waals surface area contributed by atoms with Crippen molar-refractivity contribution in [2.24, 2.45) is 5.16 Å². The Balaban J connectivity index is 1.74. The van der Waals surface area contributed by atoms with Crippen LogP contribution in [-0.2, 0) is 14.4 Å². The number of nitrogens with zero attached hydrogens (tertiary/aromatic N) is 1. The third-order valence-electron chi connectivity index (χ3n) is 3.72. The third-order valence-corrected chi connectivity index (χ3v) is 5.70. The molecule has 0 aromatic heterocycles. The van der Waals surface area contributed by atoms with E-state index in [1.807, 2.05) is 49.6 Å². The van der Waals surface area contributed by atoms with Crippen LogP contribution in [0.4, 0.5) is 5.69 Å². The smallest absolute Gasteiger partial charge is 0.358 e. The van der Waals surface area contributed by atoms with Crippen molar-refractivity contribution in [3.8, 4) is 0 Å². The van der Waals surface area contributed by atoms with Crippen molar-refractivity contribution in [1.82, 2.24) is 0 Å². The Bertz CT molecular complexity index is 920. The first kappa shape index (κ1) is 17.6. The van der Waals surface area contributed by atoms with Crippen LogP contribution < -0.4 is 5.32 Å². The van der Waals surface area contributed by atoms with Crippen LogP contribution in [-0.4, -0.2) is 19.5 Å². The maximum atomic E-state index is 12.2. The van der Waals surface area contributed by atoms with Crippen LogP contribution >= 0.6 is 11.8 Å². The molecule has 1 atom stereocenters. The molecular formula is C18H18N2O3S2. The van der Waals surface area contributed by atoms with Crippen molar-refractivity contribution in [3.63, 3.8) is 0 Å². The number of thioether (sulfide) groups is 1. The molecule has 0 radical (unpaired) electrons. The predicted molar refractivity (Wildman–Crippen MR) is 102 cm³/mol. The summed E-state index contributed by atoms with van der Waals surface area (Å²) in [6, 6.07) is 14.1. The molecule has 1 heterocycles. The first-order chi connectivity index (χ1) is 12.0. The molecular weight excluding hydrogens is 356 g/mol. The fourth-order valence-corrected chi connectivity index (χ4v) is 3.79. The standard InChI is InChI=1S/C18H18N2O3S2/c1-13-7-9-15(10-8-13)25(21,22)23-20-18-17(11-12-24-18)19-16-6-4-3-5-14(16)2/h3-12,17,19H,1-2H3/b20-18-. The maximum absolute atomic E-state index is 12.2. The Morgan fingerprint density at radius 2 is 1.80 bits per heavy atom. The Morgan fingerprint density at radius 1 is 1.08 bits per heavy atom. The molecule has 130 valence electrons. The highest BCUT2D eigenvalue weighted by atomic mass is 32.2. The summed E-state index contributed by atoms with van der Waals surface area (Å²) in [5, 5.41) is 9.60. The molecule has 0 amide bonds. The molecule has 2 aromatic carbocycles. The number of benzene rings is 2. The first-order valence-electron chi connectivity index (χ1n) is 7.69. The molecule has 1 unspecified atom stereocenters. The molecule has 5 nitrogen and oxygen atoms in total. The Hall–Kier alpha value is -2.25. The van der Waals surface area contributed by atoms with E-state index in [2.05, 4.69) is 10.5 Å². The SMILES string of the molecule is Cc1ccc(S(=O)(=O)O/N=C2\SC=CC2Nc2ccccc2C)cc1. The molecule has 0 aliphatic carbocycles. The van der Waals surface area contributed by atoms with Gasteiger partial charge in [-0.1, -0.05) is 52.8 Å². The van der Waals surface area contributed by atoms with Crippen LogP contribution in [0.1, 0.15) is 11.1 Å². The van der Waals surface area contributed by atoms with Gasteiger partial charge in [0, 0.05) is 5.69 Å². The molecule has 1 aliphatic rings. The van der Waals surface area contributed by atoms with Gasteiger partial charge in [0.1, 0.15) is 9.94 Å². The highest BCUT2D eigenvalue weighted by Gasteiger charge is 2.22. The van der Waals surface area contributed by atoms with E-state index >= 15 is 0 Å². The zero-order chi connectivity index (χ0) is 17.9. The number of nitrogens with one attached hydrogen (secondary N) is 1. The molecule has 0 saturated carbocycles. The number of oxime groups is 1. The van der Waals surface area contributed by atoms with Crippen molar-refractivity contribution in [2.45, 2.75) is 24.8 Å². The fourth-order valence-electron chi connectivity index (χ4n) is 2.27. The summed E-state index contributed by atoms with van der Waals surface area (Å²) in [5.41, 5.74) is 3.04. The van der Waals surface area contributed by atoms with Crippen LogP contribution in [0.2, 0.25) is 0 Å². The molecule has 1 N–H and O–H groups in total. The van der Waals surface area contributed by atoms with Crippen molar-refractivity contribution >= 4 is 32.6 Å². The lowest BCUT2D eigenvalue weighted by atomic mass is 10.2. The molecule has 2 aromatic rings. The molecule has 0 bridgehead atoms. The van der Waals surface area contributed by atoms with Gasteiger partial charge >= 0.3 is 10.1 Å². The quantitative estimate of drug-likeness (QED) is 0.799. The summed E-state index contributed by atoms with van der Waals surface area (Å²) < 4.78 is 29.4. The highest BCUT2D eigenvalue weighted by Crippen LogP contribution is 2.25. The van der Waals surface area contributed by atoms with Gasteiger partial charge in [0.2, 0.25) is 0 Å². The molecule has 1 aliphatic heterocycles. The van der Waals surface area contributed by atoms with Gasteiger partial charge in [-0.3, -0.25) is 4.28 Å². The summed E-state index contributed by atoms with van der Waals surface area (Å²) in [4.78, 5) is 0.0850. The molecule has 3 rings (SSSR count). The van der Waals surface area contributed by atoms with Crippen molar-refractivity contribution in [2.75, 3.05) is 5.32 Å². The van der Waals surface area contributed by atoms with E-state index in [4.69, 9.17) is 4.28 Å².